The van der Waals surface area contributed by atoms with Gasteiger partial charge in [0.1, 0.15) is 5.82 Å². The zero-order valence-electron chi connectivity index (χ0n) is 12.1. The summed E-state index contributed by atoms with van der Waals surface area (Å²) >= 11 is 0. The van der Waals surface area contributed by atoms with Crippen molar-refractivity contribution >= 4 is 23.0 Å². The third-order valence-electron chi connectivity index (χ3n) is 3.58. The van der Waals surface area contributed by atoms with Gasteiger partial charge in [-0.25, -0.2) is 9.38 Å². The Labute approximate surface area is 125 Å². The molecule has 2 heterocycles. The number of nitrogens with zero attached hydrogens (tertiary/aromatic N) is 1. The first-order valence-corrected chi connectivity index (χ1v) is 6.70. The highest BCUT2D eigenvalue weighted by atomic mass is 19.1. The number of rotatable bonds is 2. The van der Waals surface area contributed by atoms with E-state index in [-0.39, 0.29) is 11.4 Å². The molecule has 0 unspecified atom stereocenters. The van der Waals surface area contributed by atoms with Crippen molar-refractivity contribution < 1.29 is 14.3 Å². The van der Waals surface area contributed by atoms with Crippen molar-refractivity contribution in [2.45, 2.75) is 13.8 Å². The van der Waals surface area contributed by atoms with Crippen molar-refractivity contribution in [3.8, 4) is 5.88 Å². The maximum absolute atomic E-state index is 13.3. The van der Waals surface area contributed by atoms with Crippen LogP contribution in [0.4, 0.5) is 4.39 Å². The van der Waals surface area contributed by atoms with Gasteiger partial charge < -0.3 is 15.1 Å². The number of halogens is 1. The predicted molar refractivity (Wildman–Crippen MR) is 82.1 cm³/mol. The first kappa shape index (κ1) is 14.1. The average molecular weight is 299 g/mol. The highest BCUT2D eigenvalue weighted by molar-refractivity contribution is 6.08. The van der Waals surface area contributed by atoms with Crippen LogP contribution in [0, 0.1) is 19.7 Å². The lowest BCUT2D eigenvalue weighted by Gasteiger charge is -1.96. The quantitative estimate of drug-likeness (QED) is 0.635. The molecule has 0 spiro atoms. The molecule has 3 rings (SSSR count). The largest absolute Gasteiger partial charge is 0.494 e. The summed E-state index contributed by atoms with van der Waals surface area (Å²) < 4.78 is 13.3. The number of nitrogens with one attached hydrogen (secondary N) is 2. The van der Waals surface area contributed by atoms with Gasteiger partial charge in [0, 0.05) is 29.0 Å². The molecule has 1 aromatic carbocycles. The first-order chi connectivity index (χ1) is 10.5. The predicted octanol–water partition coefficient (Wildman–Crippen LogP) is 3.22. The molecule has 3 aromatic rings. The van der Waals surface area contributed by atoms with E-state index in [1.165, 1.54) is 24.4 Å². The summed E-state index contributed by atoms with van der Waals surface area (Å²) in [7, 11) is 0. The summed E-state index contributed by atoms with van der Waals surface area (Å²) in [4.78, 5) is 21.7. The molecular formula is C16H14FN3O2. The molecule has 0 radical (unpaired) electrons. The Morgan fingerprint density at radius 1 is 1.36 bits per heavy atom. The molecule has 6 heteroatoms. The van der Waals surface area contributed by atoms with Crippen molar-refractivity contribution in [2.75, 3.05) is 0 Å². The number of hydrogen-bond donors (Lipinski definition) is 3. The van der Waals surface area contributed by atoms with Gasteiger partial charge in [0.25, 0.3) is 5.91 Å². The first-order valence-electron chi connectivity index (χ1n) is 6.70. The van der Waals surface area contributed by atoms with E-state index in [1.807, 2.05) is 6.92 Å². The molecule has 0 saturated carbocycles. The topological polar surface area (TPSA) is 81.2 Å². The third-order valence-corrected chi connectivity index (χ3v) is 3.58. The smallest absolute Gasteiger partial charge is 0.279 e. The highest BCUT2D eigenvalue weighted by Crippen LogP contribution is 2.26. The van der Waals surface area contributed by atoms with Crippen LogP contribution in [0.1, 0.15) is 27.2 Å². The van der Waals surface area contributed by atoms with E-state index < -0.39 is 11.7 Å². The van der Waals surface area contributed by atoms with E-state index in [4.69, 9.17) is 0 Å². The number of carbonyl (C=O) groups is 1. The van der Waals surface area contributed by atoms with E-state index in [1.54, 1.807) is 13.1 Å². The molecule has 0 aliphatic carbocycles. The number of aromatic amines is 2. The normalized spacial score (nSPS) is 11.6. The van der Waals surface area contributed by atoms with Crippen LogP contribution in [0.25, 0.3) is 10.9 Å². The summed E-state index contributed by atoms with van der Waals surface area (Å²) in [6.07, 6.45) is 2.98. The number of hydrogen-bond acceptors (Lipinski definition) is 2. The monoisotopic (exact) mass is 299 g/mol. The molecule has 0 saturated heterocycles. The van der Waals surface area contributed by atoms with Crippen LogP contribution in [0.2, 0.25) is 0 Å². The second-order valence-corrected chi connectivity index (χ2v) is 5.11. The SMILES string of the molecule is Cc1c[nH]c(C)c1C(=O)N=Cc1c(O)[nH]c2ccc(F)cc12. The number of H-pyrrole nitrogens is 2. The number of carbonyl (C=O) groups excluding carboxylic acids is 1. The van der Waals surface area contributed by atoms with Crippen LogP contribution >= 0.6 is 0 Å². The summed E-state index contributed by atoms with van der Waals surface area (Å²) in [5.74, 6) is -0.995. The molecule has 5 nitrogen and oxygen atoms in total. The van der Waals surface area contributed by atoms with E-state index >= 15 is 0 Å². The number of aromatic nitrogens is 2. The van der Waals surface area contributed by atoms with E-state index in [9.17, 15) is 14.3 Å². The molecule has 22 heavy (non-hydrogen) atoms. The van der Waals surface area contributed by atoms with Gasteiger partial charge in [0.15, 0.2) is 5.88 Å². The fraction of sp³-hybridized carbons (Fsp3) is 0.125. The second-order valence-electron chi connectivity index (χ2n) is 5.11. The molecule has 0 atom stereocenters. The number of aromatic hydroxyl groups is 1. The molecular weight excluding hydrogens is 285 g/mol. The maximum atomic E-state index is 13.3. The minimum Gasteiger partial charge on any atom is -0.494 e. The van der Waals surface area contributed by atoms with Gasteiger partial charge >= 0.3 is 0 Å². The van der Waals surface area contributed by atoms with E-state index in [0.29, 0.717) is 16.5 Å². The molecule has 2 aromatic heterocycles. The van der Waals surface area contributed by atoms with Crippen LogP contribution in [-0.2, 0) is 0 Å². The van der Waals surface area contributed by atoms with Gasteiger partial charge in [-0.3, -0.25) is 4.79 Å². The number of benzene rings is 1. The number of fused-ring (bicyclic) bond motifs is 1. The third kappa shape index (κ3) is 2.28. The number of amides is 1. The molecule has 0 aliphatic heterocycles. The zero-order valence-corrected chi connectivity index (χ0v) is 12.1. The van der Waals surface area contributed by atoms with Crippen molar-refractivity contribution in [1.82, 2.24) is 9.97 Å². The Morgan fingerprint density at radius 3 is 2.82 bits per heavy atom. The lowest BCUT2D eigenvalue weighted by atomic mass is 10.1. The Morgan fingerprint density at radius 2 is 2.14 bits per heavy atom. The Kier molecular flexibility index (Phi) is 3.29. The highest BCUT2D eigenvalue weighted by Gasteiger charge is 2.14. The van der Waals surface area contributed by atoms with Crippen LogP contribution < -0.4 is 0 Å². The van der Waals surface area contributed by atoms with E-state index in [0.717, 1.165) is 11.3 Å². The Bertz CT molecular complexity index is 886. The standard InChI is InChI=1S/C16H14FN3O2/c1-8-6-18-9(2)14(8)16(22)19-7-12-11-5-10(17)3-4-13(11)20-15(12)21/h3-7,18,20-21H,1-2H3. The molecule has 1 amide bonds. The lowest BCUT2D eigenvalue weighted by molar-refractivity contribution is 0.100. The summed E-state index contributed by atoms with van der Waals surface area (Å²) in [5, 5.41) is 10.4. The van der Waals surface area contributed by atoms with Gasteiger partial charge in [-0.1, -0.05) is 0 Å². The van der Waals surface area contributed by atoms with Crippen LogP contribution in [0.15, 0.2) is 29.4 Å². The number of aryl methyl sites for hydroxylation is 2. The Balaban J connectivity index is 2.01. The van der Waals surface area contributed by atoms with Crippen molar-refractivity contribution in [3.05, 3.63) is 52.6 Å². The molecule has 0 aliphatic rings. The fourth-order valence-corrected chi connectivity index (χ4v) is 2.47. The molecule has 0 fully saturated rings. The van der Waals surface area contributed by atoms with Crippen molar-refractivity contribution in [1.29, 1.82) is 0 Å². The van der Waals surface area contributed by atoms with Crippen LogP contribution in [-0.4, -0.2) is 27.2 Å². The number of aliphatic imine (C=N–C) groups is 1. The van der Waals surface area contributed by atoms with Crippen LogP contribution in [0.3, 0.4) is 0 Å². The van der Waals surface area contributed by atoms with Crippen molar-refractivity contribution in [2.24, 2.45) is 4.99 Å². The molecule has 112 valence electrons. The second kappa shape index (κ2) is 5.14. The maximum Gasteiger partial charge on any atom is 0.279 e. The minimum absolute atomic E-state index is 0.153. The summed E-state index contributed by atoms with van der Waals surface area (Å²) in [5.41, 5.74) is 2.89. The van der Waals surface area contributed by atoms with Crippen LogP contribution in [0.5, 0.6) is 5.88 Å². The van der Waals surface area contributed by atoms with Crippen molar-refractivity contribution in [3.63, 3.8) is 0 Å². The van der Waals surface area contributed by atoms with Gasteiger partial charge in [-0.2, -0.15) is 0 Å². The zero-order chi connectivity index (χ0) is 15.9. The van der Waals surface area contributed by atoms with Gasteiger partial charge in [-0.05, 0) is 37.6 Å². The van der Waals surface area contributed by atoms with Gasteiger partial charge in [-0.15, -0.1) is 0 Å². The summed E-state index contributed by atoms with van der Waals surface area (Å²) in [6, 6.07) is 4.09. The molecule has 3 N–H and O–H groups in total. The average Bonchev–Trinajstić information content (AvgIpc) is 2.96. The van der Waals surface area contributed by atoms with Gasteiger partial charge in [0.05, 0.1) is 11.1 Å². The lowest BCUT2D eigenvalue weighted by Crippen LogP contribution is -1.99. The fourth-order valence-electron chi connectivity index (χ4n) is 2.47. The van der Waals surface area contributed by atoms with Gasteiger partial charge in [0.2, 0.25) is 0 Å². The minimum atomic E-state index is -0.426. The molecule has 0 bridgehead atoms. The summed E-state index contributed by atoms with van der Waals surface area (Å²) in [6.45, 7) is 3.60. The Hall–Kier alpha value is -2.89. The van der Waals surface area contributed by atoms with E-state index in [2.05, 4.69) is 15.0 Å².